The van der Waals surface area contributed by atoms with Crippen molar-refractivity contribution in [3.63, 3.8) is 0 Å². The predicted molar refractivity (Wildman–Crippen MR) is 54.5 cm³/mol. The summed E-state index contributed by atoms with van der Waals surface area (Å²) in [5.74, 6) is 0. The molecule has 0 aliphatic carbocycles. The van der Waals surface area contributed by atoms with Gasteiger partial charge in [-0.3, -0.25) is 0 Å². The first kappa shape index (κ1) is 12.6. The fourth-order valence-corrected chi connectivity index (χ4v) is 1.22. The van der Waals surface area contributed by atoms with Crippen molar-refractivity contribution >= 4 is 23.3 Å². The molecule has 0 bridgehead atoms. The van der Waals surface area contributed by atoms with Crippen LogP contribution in [0.25, 0.3) is 0 Å². The molecule has 0 aromatic heterocycles. The standard InChI is InChI=1S/C9H8ClF3N2O/c1-14-8(16)15-7-3-2-5(10)4-6(7)9(11,12)13/h2-4H,1H3,(H2,14,15,16). The summed E-state index contributed by atoms with van der Waals surface area (Å²) in [6.45, 7) is 0. The van der Waals surface area contributed by atoms with E-state index in [0.717, 1.165) is 12.1 Å². The molecule has 16 heavy (non-hydrogen) atoms. The minimum Gasteiger partial charge on any atom is -0.341 e. The van der Waals surface area contributed by atoms with Gasteiger partial charge in [-0.2, -0.15) is 13.2 Å². The SMILES string of the molecule is CNC(=O)Nc1ccc(Cl)cc1C(F)(F)F. The molecule has 0 unspecified atom stereocenters. The third kappa shape index (κ3) is 3.03. The fourth-order valence-electron chi connectivity index (χ4n) is 1.04. The van der Waals surface area contributed by atoms with E-state index in [-0.39, 0.29) is 10.7 Å². The van der Waals surface area contributed by atoms with Crippen LogP contribution in [0.4, 0.5) is 23.7 Å². The second-order valence-electron chi connectivity index (χ2n) is 2.89. The Bertz CT molecular complexity index is 406. The van der Waals surface area contributed by atoms with Crippen LogP contribution in [0.15, 0.2) is 18.2 Å². The van der Waals surface area contributed by atoms with Crippen LogP contribution >= 0.6 is 11.6 Å². The van der Waals surface area contributed by atoms with Crippen molar-refractivity contribution in [1.82, 2.24) is 5.32 Å². The average Bonchev–Trinajstić information content (AvgIpc) is 2.19. The van der Waals surface area contributed by atoms with Crippen LogP contribution in [-0.2, 0) is 6.18 Å². The van der Waals surface area contributed by atoms with E-state index in [0.29, 0.717) is 0 Å². The first-order chi connectivity index (χ1) is 7.34. The Hall–Kier alpha value is -1.43. The number of hydrogen-bond acceptors (Lipinski definition) is 1. The van der Waals surface area contributed by atoms with Gasteiger partial charge >= 0.3 is 12.2 Å². The van der Waals surface area contributed by atoms with Crippen molar-refractivity contribution in [2.45, 2.75) is 6.18 Å². The highest BCUT2D eigenvalue weighted by atomic mass is 35.5. The maximum absolute atomic E-state index is 12.6. The van der Waals surface area contributed by atoms with Crippen LogP contribution in [0.5, 0.6) is 0 Å². The van der Waals surface area contributed by atoms with Crippen LogP contribution in [0.3, 0.4) is 0 Å². The van der Waals surface area contributed by atoms with E-state index >= 15 is 0 Å². The van der Waals surface area contributed by atoms with Gasteiger partial charge in [0.1, 0.15) is 0 Å². The summed E-state index contributed by atoms with van der Waals surface area (Å²) in [4.78, 5) is 10.9. The molecular weight excluding hydrogens is 245 g/mol. The Morgan fingerprint density at radius 2 is 2.00 bits per heavy atom. The molecule has 3 nitrogen and oxygen atoms in total. The monoisotopic (exact) mass is 252 g/mol. The minimum absolute atomic E-state index is 0.0465. The smallest absolute Gasteiger partial charge is 0.341 e. The van der Waals surface area contributed by atoms with Crippen molar-refractivity contribution in [3.05, 3.63) is 28.8 Å². The molecule has 88 valence electrons. The number of carbonyl (C=O) groups is 1. The van der Waals surface area contributed by atoms with Gasteiger partial charge in [0, 0.05) is 12.1 Å². The van der Waals surface area contributed by atoms with E-state index in [2.05, 4.69) is 10.6 Å². The molecule has 0 saturated carbocycles. The Morgan fingerprint density at radius 3 is 2.50 bits per heavy atom. The lowest BCUT2D eigenvalue weighted by molar-refractivity contribution is -0.136. The number of hydrogen-bond donors (Lipinski definition) is 2. The van der Waals surface area contributed by atoms with Gasteiger partial charge in [-0.25, -0.2) is 4.79 Å². The highest BCUT2D eigenvalue weighted by molar-refractivity contribution is 6.30. The number of nitrogens with one attached hydrogen (secondary N) is 2. The van der Waals surface area contributed by atoms with Crippen molar-refractivity contribution in [2.75, 3.05) is 12.4 Å². The predicted octanol–water partition coefficient (Wildman–Crippen LogP) is 3.11. The number of benzene rings is 1. The summed E-state index contributed by atoms with van der Waals surface area (Å²) < 4.78 is 37.7. The Kier molecular flexibility index (Phi) is 3.64. The Morgan fingerprint density at radius 1 is 1.38 bits per heavy atom. The van der Waals surface area contributed by atoms with Crippen LogP contribution in [0, 0.1) is 0 Å². The van der Waals surface area contributed by atoms with Crippen LogP contribution in [0.2, 0.25) is 5.02 Å². The molecule has 2 amide bonds. The van der Waals surface area contributed by atoms with E-state index in [9.17, 15) is 18.0 Å². The zero-order valence-electron chi connectivity index (χ0n) is 8.15. The van der Waals surface area contributed by atoms with Gasteiger partial charge in [0.15, 0.2) is 0 Å². The molecule has 0 fully saturated rings. The topological polar surface area (TPSA) is 41.1 Å². The number of halogens is 4. The number of amides is 2. The summed E-state index contributed by atoms with van der Waals surface area (Å²) in [7, 11) is 1.30. The van der Waals surface area contributed by atoms with E-state index in [1.54, 1.807) is 0 Å². The second kappa shape index (κ2) is 4.61. The van der Waals surface area contributed by atoms with Crippen LogP contribution < -0.4 is 10.6 Å². The highest BCUT2D eigenvalue weighted by Gasteiger charge is 2.34. The largest absolute Gasteiger partial charge is 0.418 e. The minimum atomic E-state index is -4.57. The van der Waals surface area contributed by atoms with Gasteiger partial charge in [-0.05, 0) is 18.2 Å². The van der Waals surface area contributed by atoms with Gasteiger partial charge in [-0.15, -0.1) is 0 Å². The Labute approximate surface area is 94.6 Å². The molecule has 2 N–H and O–H groups in total. The average molecular weight is 253 g/mol. The van der Waals surface area contributed by atoms with E-state index in [1.165, 1.54) is 13.1 Å². The Balaban J connectivity index is 3.13. The van der Waals surface area contributed by atoms with Crippen LogP contribution in [-0.4, -0.2) is 13.1 Å². The van der Waals surface area contributed by atoms with Crippen molar-refractivity contribution < 1.29 is 18.0 Å². The number of urea groups is 1. The lowest BCUT2D eigenvalue weighted by Crippen LogP contribution is -2.26. The molecule has 0 aliphatic heterocycles. The number of rotatable bonds is 1. The summed E-state index contributed by atoms with van der Waals surface area (Å²) in [5, 5.41) is 4.18. The zero-order chi connectivity index (χ0) is 12.3. The highest BCUT2D eigenvalue weighted by Crippen LogP contribution is 2.36. The maximum atomic E-state index is 12.6. The first-order valence-corrected chi connectivity index (χ1v) is 4.58. The van der Waals surface area contributed by atoms with Gasteiger partial charge in [-0.1, -0.05) is 11.6 Å². The summed E-state index contributed by atoms with van der Waals surface area (Å²) in [5.41, 5.74) is -1.32. The molecule has 0 heterocycles. The molecule has 7 heteroatoms. The zero-order valence-corrected chi connectivity index (χ0v) is 8.91. The first-order valence-electron chi connectivity index (χ1n) is 4.20. The van der Waals surface area contributed by atoms with E-state index < -0.39 is 17.8 Å². The van der Waals surface area contributed by atoms with Crippen molar-refractivity contribution in [3.8, 4) is 0 Å². The fraction of sp³-hybridized carbons (Fsp3) is 0.222. The maximum Gasteiger partial charge on any atom is 0.418 e. The molecule has 0 atom stereocenters. The van der Waals surface area contributed by atoms with Gasteiger partial charge in [0.05, 0.1) is 11.3 Å². The molecule has 1 aromatic rings. The van der Waals surface area contributed by atoms with Crippen LogP contribution in [0.1, 0.15) is 5.56 Å². The summed E-state index contributed by atoms with van der Waals surface area (Å²) in [6, 6.07) is 2.39. The summed E-state index contributed by atoms with van der Waals surface area (Å²) in [6.07, 6.45) is -4.57. The molecule has 0 spiro atoms. The van der Waals surface area contributed by atoms with Gasteiger partial charge in [0.25, 0.3) is 0 Å². The molecule has 0 saturated heterocycles. The molecular formula is C9H8ClF3N2O. The molecule has 0 radical (unpaired) electrons. The molecule has 0 aliphatic rings. The number of carbonyl (C=O) groups excluding carboxylic acids is 1. The molecule has 1 rings (SSSR count). The third-order valence-corrected chi connectivity index (χ3v) is 2.00. The summed E-state index contributed by atoms with van der Waals surface area (Å²) >= 11 is 5.46. The van der Waals surface area contributed by atoms with Crippen molar-refractivity contribution in [2.24, 2.45) is 0 Å². The third-order valence-electron chi connectivity index (χ3n) is 1.76. The number of anilines is 1. The van der Waals surface area contributed by atoms with Gasteiger partial charge in [0.2, 0.25) is 0 Å². The quantitative estimate of drug-likeness (QED) is 0.792. The molecule has 1 aromatic carbocycles. The van der Waals surface area contributed by atoms with E-state index in [4.69, 9.17) is 11.6 Å². The van der Waals surface area contributed by atoms with E-state index in [1.807, 2.05) is 0 Å². The van der Waals surface area contributed by atoms with Crippen molar-refractivity contribution in [1.29, 1.82) is 0 Å². The lowest BCUT2D eigenvalue weighted by Gasteiger charge is -2.13. The van der Waals surface area contributed by atoms with Gasteiger partial charge < -0.3 is 10.6 Å². The normalized spacial score (nSPS) is 11.1. The second-order valence-corrected chi connectivity index (χ2v) is 3.33. The lowest BCUT2D eigenvalue weighted by atomic mass is 10.1. The number of alkyl halides is 3.